The summed E-state index contributed by atoms with van der Waals surface area (Å²) in [6.45, 7) is 4.09. The Morgan fingerprint density at radius 2 is 2.24 bits per heavy atom. The molecule has 0 bridgehead atoms. The van der Waals surface area contributed by atoms with Crippen molar-refractivity contribution >= 4 is 0 Å². The second-order valence-electron chi connectivity index (χ2n) is 4.24. The summed E-state index contributed by atoms with van der Waals surface area (Å²) in [5, 5.41) is 7.62. The molecule has 0 aliphatic heterocycles. The summed E-state index contributed by atoms with van der Waals surface area (Å²) in [6.07, 6.45) is 4.81. The molecule has 0 spiro atoms. The lowest BCUT2D eigenvalue weighted by Crippen LogP contribution is -2.34. The van der Waals surface area contributed by atoms with Gasteiger partial charge in [-0.3, -0.25) is 0 Å². The van der Waals surface area contributed by atoms with Gasteiger partial charge in [0.05, 0.1) is 11.7 Å². The first-order chi connectivity index (χ1) is 8.09. The Hall–Kier alpha value is -1.98. The second kappa shape index (κ2) is 4.48. The van der Waals surface area contributed by atoms with E-state index in [0.29, 0.717) is 0 Å². The molecule has 0 aliphatic rings. The second-order valence-corrected chi connectivity index (χ2v) is 4.24. The fourth-order valence-corrected chi connectivity index (χ4v) is 1.32. The third-order valence-corrected chi connectivity index (χ3v) is 2.33. The molecular formula is C11H13FN4O. The third kappa shape index (κ3) is 2.58. The number of ether oxygens (including phenoxy) is 1. The van der Waals surface area contributed by atoms with E-state index in [1.165, 1.54) is 18.3 Å². The quantitative estimate of drug-likeness (QED) is 0.809. The molecule has 0 amide bonds. The maximum Gasteiger partial charge on any atom is 0.250 e. The SMILES string of the molecule is CC(C)(COc1ncccc1F)n1ccnn1. The van der Waals surface area contributed by atoms with Gasteiger partial charge in [-0.05, 0) is 26.0 Å². The van der Waals surface area contributed by atoms with Crippen molar-refractivity contribution in [2.75, 3.05) is 6.61 Å². The highest BCUT2D eigenvalue weighted by Crippen LogP contribution is 2.17. The molecular weight excluding hydrogens is 223 g/mol. The number of hydrogen-bond donors (Lipinski definition) is 0. The number of pyridine rings is 1. The van der Waals surface area contributed by atoms with Crippen molar-refractivity contribution in [1.29, 1.82) is 0 Å². The van der Waals surface area contributed by atoms with Crippen molar-refractivity contribution < 1.29 is 9.13 Å². The van der Waals surface area contributed by atoms with Gasteiger partial charge < -0.3 is 4.74 Å². The molecule has 2 rings (SSSR count). The Bertz CT molecular complexity index is 484. The van der Waals surface area contributed by atoms with Crippen LogP contribution in [0.15, 0.2) is 30.7 Å². The van der Waals surface area contributed by atoms with Gasteiger partial charge in [-0.25, -0.2) is 14.1 Å². The number of hydrogen-bond acceptors (Lipinski definition) is 4. The van der Waals surface area contributed by atoms with Gasteiger partial charge in [-0.2, -0.15) is 0 Å². The monoisotopic (exact) mass is 236 g/mol. The molecule has 0 aliphatic carbocycles. The number of nitrogens with zero attached hydrogens (tertiary/aromatic N) is 4. The zero-order valence-electron chi connectivity index (χ0n) is 9.67. The fraction of sp³-hybridized carbons (Fsp3) is 0.364. The van der Waals surface area contributed by atoms with Crippen molar-refractivity contribution in [3.05, 3.63) is 36.5 Å². The molecule has 17 heavy (non-hydrogen) atoms. The Kier molecular flexibility index (Phi) is 3.03. The minimum Gasteiger partial charge on any atom is -0.473 e. The van der Waals surface area contributed by atoms with Gasteiger partial charge in [-0.15, -0.1) is 5.10 Å². The van der Waals surface area contributed by atoms with Crippen LogP contribution in [0.1, 0.15) is 13.8 Å². The van der Waals surface area contributed by atoms with Gasteiger partial charge in [0.1, 0.15) is 6.61 Å². The van der Waals surface area contributed by atoms with E-state index in [1.54, 1.807) is 17.1 Å². The molecule has 0 atom stereocenters. The first kappa shape index (κ1) is 11.5. The molecule has 0 fully saturated rings. The van der Waals surface area contributed by atoms with Gasteiger partial charge in [-0.1, -0.05) is 5.21 Å². The molecule has 6 heteroatoms. The molecule has 0 N–H and O–H groups in total. The van der Waals surface area contributed by atoms with E-state index in [-0.39, 0.29) is 12.5 Å². The lowest BCUT2D eigenvalue weighted by molar-refractivity contribution is 0.158. The minimum absolute atomic E-state index is 0.000639. The zero-order chi connectivity index (χ0) is 12.3. The molecule has 2 aromatic heterocycles. The van der Waals surface area contributed by atoms with Gasteiger partial charge >= 0.3 is 0 Å². The minimum atomic E-state index is -0.470. The Morgan fingerprint density at radius 1 is 1.41 bits per heavy atom. The van der Waals surface area contributed by atoms with Gasteiger partial charge in [0, 0.05) is 12.4 Å². The fourth-order valence-electron chi connectivity index (χ4n) is 1.32. The van der Waals surface area contributed by atoms with Crippen LogP contribution in [0, 0.1) is 5.82 Å². The lowest BCUT2D eigenvalue weighted by atomic mass is 10.1. The number of halogens is 1. The molecule has 0 radical (unpaired) electrons. The van der Waals surface area contributed by atoms with Crippen molar-refractivity contribution in [1.82, 2.24) is 20.0 Å². The average molecular weight is 236 g/mol. The van der Waals surface area contributed by atoms with Crippen LogP contribution in [0.2, 0.25) is 0 Å². The van der Waals surface area contributed by atoms with E-state index in [0.717, 1.165) is 0 Å². The van der Waals surface area contributed by atoms with Crippen molar-refractivity contribution in [2.24, 2.45) is 0 Å². The standard InChI is InChI=1S/C11H13FN4O/c1-11(2,16-7-6-14-15-16)8-17-10-9(12)4-3-5-13-10/h3-7H,8H2,1-2H3. The molecule has 0 unspecified atom stereocenters. The van der Waals surface area contributed by atoms with Gasteiger partial charge in [0.25, 0.3) is 0 Å². The van der Waals surface area contributed by atoms with Gasteiger partial charge in [0.15, 0.2) is 5.82 Å². The van der Waals surface area contributed by atoms with Crippen LogP contribution in [0.3, 0.4) is 0 Å². The van der Waals surface area contributed by atoms with E-state index in [9.17, 15) is 4.39 Å². The van der Waals surface area contributed by atoms with E-state index in [1.807, 2.05) is 13.8 Å². The number of aromatic nitrogens is 4. The smallest absolute Gasteiger partial charge is 0.250 e. The van der Waals surface area contributed by atoms with E-state index >= 15 is 0 Å². The summed E-state index contributed by atoms with van der Waals surface area (Å²) in [4.78, 5) is 3.82. The summed E-state index contributed by atoms with van der Waals surface area (Å²) < 4.78 is 20.3. The Labute approximate surface area is 98.2 Å². The predicted molar refractivity (Wildman–Crippen MR) is 59.0 cm³/mol. The van der Waals surface area contributed by atoms with Crippen LogP contribution in [-0.4, -0.2) is 26.6 Å². The van der Waals surface area contributed by atoms with E-state index in [2.05, 4.69) is 15.3 Å². The Morgan fingerprint density at radius 3 is 2.88 bits per heavy atom. The third-order valence-electron chi connectivity index (χ3n) is 2.33. The largest absolute Gasteiger partial charge is 0.473 e. The molecule has 90 valence electrons. The maximum atomic E-state index is 13.3. The molecule has 2 heterocycles. The predicted octanol–water partition coefficient (Wildman–Crippen LogP) is 1.63. The molecule has 2 aromatic rings. The normalized spacial score (nSPS) is 11.5. The zero-order valence-corrected chi connectivity index (χ0v) is 9.67. The molecule has 0 saturated heterocycles. The van der Waals surface area contributed by atoms with E-state index < -0.39 is 11.4 Å². The summed E-state index contributed by atoms with van der Waals surface area (Å²) in [6, 6.07) is 2.83. The summed E-state index contributed by atoms with van der Waals surface area (Å²) in [7, 11) is 0. The summed E-state index contributed by atoms with van der Waals surface area (Å²) in [5.41, 5.74) is -0.416. The Balaban J connectivity index is 2.06. The first-order valence-electron chi connectivity index (χ1n) is 5.20. The van der Waals surface area contributed by atoms with E-state index in [4.69, 9.17) is 4.74 Å². The first-order valence-corrected chi connectivity index (χ1v) is 5.20. The highest BCUT2D eigenvalue weighted by Gasteiger charge is 2.22. The van der Waals surface area contributed by atoms with Crippen molar-refractivity contribution in [3.8, 4) is 5.88 Å². The number of rotatable bonds is 4. The van der Waals surface area contributed by atoms with Crippen molar-refractivity contribution in [2.45, 2.75) is 19.4 Å². The topological polar surface area (TPSA) is 52.8 Å². The van der Waals surface area contributed by atoms with Crippen LogP contribution in [-0.2, 0) is 5.54 Å². The summed E-state index contributed by atoms with van der Waals surface area (Å²) in [5.74, 6) is -0.470. The molecule has 0 saturated carbocycles. The van der Waals surface area contributed by atoms with Crippen LogP contribution >= 0.6 is 0 Å². The van der Waals surface area contributed by atoms with Crippen LogP contribution < -0.4 is 4.74 Å². The van der Waals surface area contributed by atoms with Gasteiger partial charge in [0.2, 0.25) is 5.88 Å². The van der Waals surface area contributed by atoms with Crippen LogP contribution in [0.25, 0.3) is 0 Å². The lowest BCUT2D eigenvalue weighted by Gasteiger charge is -2.24. The van der Waals surface area contributed by atoms with Crippen LogP contribution in [0.5, 0.6) is 5.88 Å². The van der Waals surface area contributed by atoms with Crippen LogP contribution in [0.4, 0.5) is 4.39 Å². The molecule has 0 aromatic carbocycles. The molecule has 5 nitrogen and oxygen atoms in total. The highest BCUT2D eigenvalue weighted by atomic mass is 19.1. The maximum absolute atomic E-state index is 13.3. The highest BCUT2D eigenvalue weighted by molar-refractivity contribution is 5.12. The average Bonchev–Trinajstić information content (AvgIpc) is 2.82. The van der Waals surface area contributed by atoms with Crippen molar-refractivity contribution in [3.63, 3.8) is 0 Å². The summed E-state index contributed by atoms with van der Waals surface area (Å²) >= 11 is 0.